The van der Waals surface area contributed by atoms with Crippen LogP contribution in [0, 0.1) is 4.77 Å². The molecule has 152 valence electrons. The van der Waals surface area contributed by atoms with Gasteiger partial charge in [-0.15, -0.1) is 0 Å². The summed E-state index contributed by atoms with van der Waals surface area (Å²) >= 11 is 5.36. The quantitative estimate of drug-likeness (QED) is 0.383. The molecule has 0 bridgehead atoms. The Morgan fingerprint density at radius 1 is 1.10 bits per heavy atom. The van der Waals surface area contributed by atoms with Gasteiger partial charge in [-0.25, -0.2) is 0 Å². The summed E-state index contributed by atoms with van der Waals surface area (Å²) in [7, 11) is 0. The minimum atomic E-state index is -0.332. The van der Waals surface area contributed by atoms with Crippen LogP contribution < -0.4 is 10.9 Å². The zero-order valence-corrected chi connectivity index (χ0v) is 17.2. The van der Waals surface area contributed by atoms with Gasteiger partial charge in [0, 0.05) is 23.9 Å². The number of fused-ring (bicyclic) bond motifs is 3. The summed E-state index contributed by atoms with van der Waals surface area (Å²) in [6.45, 7) is 1.34. The molecule has 30 heavy (non-hydrogen) atoms. The molecule has 7 heteroatoms. The number of hydrogen-bond acceptors (Lipinski definition) is 3. The number of nitrogens with one attached hydrogen (secondary N) is 2. The standard InChI is InChI=1S/C23H22N4O2S/c28-21-18(20-19-16(10-12-24-20)15-8-4-5-9-17(15)25-19)22(29)27(23(30)26-21)13-11-14-6-2-1-3-7-14/h1-9,20,24-25,29H,10-13H2,(H,26,28,30)/p+1/t20-/m0/s1. The number of aromatic nitrogens is 3. The largest absolute Gasteiger partial charge is 0.494 e. The van der Waals surface area contributed by atoms with Gasteiger partial charge in [0.15, 0.2) is 10.8 Å². The number of hydrogen-bond donors (Lipinski definition) is 4. The van der Waals surface area contributed by atoms with E-state index < -0.39 is 0 Å². The number of aromatic amines is 2. The monoisotopic (exact) mass is 419 g/mol. The van der Waals surface area contributed by atoms with Crippen molar-refractivity contribution in [2.75, 3.05) is 6.54 Å². The van der Waals surface area contributed by atoms with Crippen molar-refractivity contribution in [2.24, 2.45) is 0 Å². The highest BCUT2D eigenvalue weighted by molar-refractivity contribution is 7.71. The summed E-state index contributed by atoms with van der Waals surface area (Å²) in [6, 6.07) is 17.9. The van der Waals surface area contributed by atoms with Crippen LogP contribution in [0.3, 0.4) is 0 Å². The number of aryl methyl sites for hydroxylation is 1. The minimum Gasteiger partial charge on any atom is -0.494 e. The Morgan fingerprint density at radius 3 is 2.70 bits per heavy atom. The van der Waals surface area contributed by atoms with Crippen LogP contribution in [0.15, 0.2) is 59.4 Å². The van der Waals surface area contributed by atoms with Gasteiger partial charge in [-0.2, -0.15) is 0 Å². The molecule has 0 fully saturated rings. The molecule has 5 rings (SSSR count). The van der Waals surface area contributed by atoms with Gasteiger partial charge in [0.1, 0.15) is 5.56 Å². The van der Waals surface area contributed by atoms with E-state index in [9.17, 15) is 9.90 Å². The molecule has 1 aliphatic rings. The van der Waals surface area contributed by atoms with Crippen molar-refractivity contribution >= 4 is 23.1 Å². The smallest absolute Gasteiger partial charge is 0.265 e. The van der Waals surface area contributed by atoms with E-state index in [0.29, 0.717) is 18.5 Å². The maximum atomic E-state index is 12.9. The van der Waals surface area contributed by atoms with Crippen molar-refractivity contribution in [2.45, 2.75) is 25.4 Å². The van der Waals surface area contributed by atoms with Crippen LogP contribution in [0.5, 0.6) is 5.88 Å². The number of benzene rings is 2. The molecule has 4 aromatic rings. The van der Waals surface area contributed by atoms with E-state index in [4.69, 9.17) is 12.2 Å². The molecule has 0 radical (unpaired) electrons. The fourth-order valence-corrected chi connectivity index (χ4v) is 4.75. The molecule has 0 unspecified atom stereocenters. The molecule has 2 aromatic heterocycles. The number of nitrogens with two attached hydrogens (primary N) is 1. The van der Waals surface area contributed by atoms with E-state index in [-0.39, 0.29) is 22.3 Å². The molecule has 1 atom stereocenters. The van der Waals surface area contributed by atoms with E-state index >= 15 is 0 Å². The lowest BCUT2D eigenvalue weighted by Gasteiger charge is -2.22. The second-order valence-electron chi connectivity index (χ2n) is 7.70. The van der Waals surface area contributed by atoms with Gasteiger partial charge >= 0.3 is 0 Å². The second-order valence-corrected chi connectivity index (χ2v) is 8.09. The van der Waals surface area contributed by atoms with Gasteiger partial charge in [0.05, 0.1) is 12.2 Å². The van der Waals surface area contributed by atoms with E-state index in [1.54, 1.807) is 4.57 Å². The number of quaternary nitrogens is 1. The van der Waals surface area contributed by atoms with Gasteiger partial charge in [0.2, 0.25) is 5.88 Å². The van der Waals surface area contributed by atoms with Crippen LogP contribution in [-0.2, 0) is 19.4 Å². The van der Waals surface area contributed by atoms with Crippen molar-refractivity contribution in [1.29, 1.82) is 0 Å². The van der Waals surface area contributed by atoms with Gasteiger partial charge in [-0.1, -0.05) is 48.5 Å². The average molecular weight is 420 g/mol. The Bertz CT molecular complexity index is 1340. The lowest BCUT2D eigenvalue weighted by molar-refractivity contribution is -0.690. The SMILES string of the molecule is O=c1[nH]c(=S)n(CCc2ccccc2)c(O)c1[C@@H]1[NH2+]CCc2c1[nH]c1ccccc21. The normalized spacial score (nSPS) is 15.9. The molecule has 0 saturated heterocycles. The molecule has 1 aliphatic heterocycles. The van der Waals surface area contributed by atoms with Crippen LogP contribution in [0.4, 0.5) is 0 Å². The summed E-state index contributed by atoms with van der Waals surface area (Å²) in [4.78, 5) is 19.1. The van der Waals surface area contributed by atoms with Crippen molar-refractivity contribution in [3.05, 3.63) is 92.1 Å². The van der Waals surface area contributed by atoms with Crippen LogP contribution in [0.1, 0.15) is 28.4 Å². The highest BCUT2D eigenvalue weighted by atomic mass is 32.1. The molecule has 0 aliphatic carbocycles. The highest BCUT2D eigenvalue weighted by Gasteiger charge is 2.33. The fraction of sp³-hybridized carbons (Fsp3) is 0.217. The average Bonchev–Trinajstić information content (AvgIpc) is 3.14. The lowest BCUT2D eigenvalue weighted by Crippen LogP contribution is -2.87. The summed E-state index contributed by atoms with van der Waals surface area (Å²) in [6.07, 6.45) is 1.63. The molecule has 6 nitrogen and oxygen atoms in total. The molecular formula is C23H23N4O2S+. The van der Waals surface area contributed by atoms with Crippen LogP contribution in [0.2, 0.25) is 0 Å². The van der Waals surface area contributed by atoms with Gasteiger partial charge in [0.25, 0.3) is 5.56 Å². The van der Waals surface area contributed by atoms with Crippen LogP contribution in [-0.4, -0.2) is 26.2 Å². The number of aromatic hydroxyl groups is 1. The first-order valence-electron chi connectivity index (χ1n) is 10.2. The first-order valence-corrected chi connectivity index (χ1v) is 10.6. The first-order chi connectivity index (χ1) is 14.6. The third-order valence-electron chi connectivity index (χ3n) is 5.94. The topological polar surface area (TPSA) is 90.4 Å². The zero-order valence-electron chi connectivity index (χ0n) is 16.4. The summed E-state index contributed by atoms with van der Waals surface area (Å²) < 4.78 is 1.87. The van der Waals surface area contributed by atoms with Crippen molar-refractivity contribution in [1.82, 2.24) is 14.5 Å². The van der Waals surface area contributed by atoms with E-state index in [2.05, 4.69) is 21.4 Å². The predicted octanol–water partition coefficient (Wildman–Crippen LogP) is 2.54. The predicted molar refractivity (Wildman–Crippen MR) is 118 cm³/mol. The molecule has 0 saturated carbocycles. The first kappa shape index (κ1) is 18.8. The third kappa shape index (κ3) is 3.16. The van der Waals surface area contributed by atoms with Gasteiger partial charge < -0.3 is 15.4 Å². The maximum absolute atomic E-state index is 12.9. The number of nitrogens with zero attached hydrogens (tertiary/aromatic N) is 1. The Morgan fingerprint density at radius 2 is 1.87 bits per heavy atom. The molecular weight excluding hydrogens is 396 g/mol. The Kier molecular flexibility index (Phi) is 4.77. The number of rotatable bonds is 4. The molecule has 5 N–H and O–H groups in total. The van der Waals surface area contributed by atoms with Crippen molar-refractivity contribution in [3.8, 4) is 5.88 Å². The summed E-state index contributed by atoms with van der Waals surface area (Å²) in [5.74, 6) is -0.0487. The van der Waals surface area contributed by atoms with E-state index in [0.717, 1.165) is 29.7 Å². The van der Waals surface area contributed by atoms with Crippen LogP contribution >= 0.6 is 12.2 Å². The zero-order chi connectivity index (χ0) is 20.7. The van der Waals surface area contributed by atoms with Gasteiger partial charge in [-0.3, -0.25) is 14.3 Å². The van der Waals surface area contributed by atoms with Gasteiger partial charge in [-0.05, 0) is 35.8 Å². The molecule has 0 amide bonds. The maximum Gasteiger partial charge on any atom is 0.265 e. The summed E-state index contributed by atoms with van der Waals surface area (Å²) in [5, 5.41) is 14.4. The number of H-pyrrole nitrogens is 2. The second kappa shape index (κ2) is 7.59. The fourth-order valence-electron chi connectivity index (χ4n) is 4.48. The Hall–Kier alpha value is -3.16. The molecule has 0 spiro atoms. The third-order valence-corrected chi connectivity index (χ3v) is 6.26. The Balaban J connectivity index is 1.59. The molecule has 2 aromatic carbocycles. The van der Waals surface area contributed by atoms with E-state index in [1.165, 1.54) is 10.9 Å². The minimum absolute atomic E-state index is 0.0487. The lowest BCUT2D eigenvalue weighted by atomic mass is 9.95. The number of para-hydroxylation sites is 1. The van der Waals surface area contributed by atoms with E-state index in [1.807, 2.05) is 48.5 Å². The summed E-state index contributed by atoms with van der Waals surface area (Å²) in [5.41, 5.74) is 4.42. The Labute approximate surface area is 178 Å². The van der Waals surface area contributed by atoms with Crippen molar-refractivity contribution < 1.29 is 10.4 Å². The van der Waals surface area contributed by atoms with Crippen LogP contribution in [0.25, 0.3) is 10.9 Å². The van der Waals surface area contributed by atoms with Crippen molar-refractivity contribution in [3.63, 3.8) is 0 Å². The molecule has 3 heterocycles. The highest BCUT2D eigenvalue weighted by Crippen LogP contribution is 2.32.